The molecule has 0 aromatic rings. The third kappa shape index (κ3) is 14.4. The van der Waals surface area contributed by atoms with Crippen LogP contribution in [0.15, 0.2) is 0 Å². The van der Waals surface area contributed by atoms with Crippen molar-refractivity contribution in [3.8, 4) is 0 Å². The maximum absolute atomic E-state index is 2.30. The first-order valence-electron chi connectivity index (χ1n) is 11.9. The Bertz CT molecular complexity index is 224. The number of rotatable bonds is 15. The van der Waals surface area contributed by atoms with Crippen molar-refractivity contribution in [1.29, 1.82) is 0 Å². The van der Waals surface area contributed by atoms with Crippen molar-refractivity contribution in [1.82, 2.24) is 0 Å². The topological polar surface area (TPSA) is 0 Å². The fourth-order valence-corrected chi connectivity index (χ4v) is 4.46. The third-order valence-electron chi connectivity index (χ3n) is 6.19. The second-order valence-corrected chi connectivity index (χ2v) is 8.60. The van der Waals surface area contributed by atoms with Gasteiger partial charge in [-0.15, -0.1) is 0 Å². The lowest BCUT2D eigenvalue weighted by Crippen LogP contribution is -2.03. The zero-order valence-electron chi connectivity index (χ0n) is 17.1. The van der Waals surface area contributed by atoms with Crippen LogP contribution in [0.1, 0.15) is 148 Å². The first-order chi connectivity index (χ1) is 11.9. The summed E-state index contributed by atoms with van der Waals surface area (Å²) in [6, 6.07) is 0. The molecule has 0 aromatic heterocycles. The van der Waals surface area contributed by atoms with Crippen LogP contribution >= 0.6 is 0 Å². The highest BCUT2D eigenvalue weighted by Gasteiger charge is 2.10. The largest absolute Gasteiger partial charge is 0.0654 e. The molecule has 0 heteroatoms. The summed E-state index contributed by atoms with van der Waals surface area (Å²) in [4.78, 5) is 0. The van der Waals surface area contributed by atoms with Gasteiger partial charge in [0.15, 0.2) is 0 Å². The summed E-state index contributed by atoms with van der Waals surface area (Å²) in [5, 5.41) is 0. The van der Waals surface area contributed by atoms with Crippen LogP contribution in [0.25, 0.3) is 0 Å². The molecule has 1 saturated carbocycles. The van der Waals surface area contributed by atoms with E-state index in [9.17, 15) is 0 Å². The molecular weight excluding hydrogens is 288 g/mol. The van der Waals surface area contributed by atoms with Gasteiger partial charge in [-0.1, -0.05) is 148 Å². The lowest BCUT2D eigenvalue weighted by molar-refractivity contribution is 0.346. The average Bonchev–Trinajstić information content (AvgIpc) is 2.56. The molecule has 0 aliphatic heterocycles. The fraction of sp³-hybridized carbons (Fsp3) is 1.00. The number of unbranched alkanes of at least 4 members (excludes halogenated alkanes) is 13. The van der Waals surface area contributed by atoms with Crippen molar-refractivity contribution >= 4 is 0 Å². The quantitative estimate of drug-likeness (QED) is 0.261. The normalized spacial score (nSPS) is 16.9. The smallest absolute Gasteiger partial charge is 0.0414 e. The molecule has 0 unspecified atom stereocenters. The predicted octanol–water partition coefficient (Wildman–Crippen LogP) is 9.22. The van der Waals surface area contributed by atoms with Crippen LogP contribution in [0.3, 0.4) is 0 Å². The third-order valence-corrected chi connectivity index (χ3v) is 6.19. The minimum atomic E-state index is 1.09. The Morgan fingerprint density at radius 3 is 1.29 bits per heavy atom. The van der Waals surface area contributed by atoms with E-state index in [0.29, 0.717) is 0 Å². The summed E-state index contributed by atoms with van der Waals surface area (Å²) in [7, 11) is 0. The SMILES string of the molecule is CCCCCCCCCCCCCCCCC1CCCCCCC1. The van der Waals surface area contributed by atoms with E-state index in [1.807, 2.05) is 0 Å². The Hall–Kier alpha value is 0. The van der Waals surface area contributed by atoms with E-state index >= 15 is 0 Å². The van der Waals surface area contributed by atoms with E-state index in [0.717, 1.165) is 5.92 Å². The lowest BCUT2D eigenvalue weighted by atomic mass is 9.87. The minimum absolute atomic E-state index is 1.09. The van der Waals surface area contributed by atoms with Crippen molar-refractivity contribution in [3.05, 3.63) is 0 Å². The molecule has 1 aliphatic carbocycles. The lowest BCUT2D eigenvalue weighted by Gasteiger charge is -2.19. The summed E-state index contributed by atoms with van der Waals surface area (Å²) < 4.78 is 0. The Balaban J connectivity index is 1.74. The van der Waals surface area contributed by atoms with Gasteiger partial charge in [-0.2, -0.15) is 0 Å². The summed E-state index contributed by atoms with van der Waals surface area (Å²) >= 11 is 0. The zero-order valence-corrected chi connectivity index (χ0v) is 17.1. The van der Waals surface area contributed by atoms with Gasteiger partial charge < -0.3 is 0 Å². The molecule has 24 heavy (non-hydrogen) atoms. The van der Waals surface area contributed by atoms with Crippen LogP contribution in [0.2, 0.25) is 0 Å². The Morgan fingerprint density at radius 1 is 0.458 bits per heavy atom. The van der Waals surface area contributed by atoms with Gasteiger partial charge >= 0.3 is 0 Å². The predicted molar refractivity (Wildman–Crippen MR) is 111 cm³/mol. The Morgan fingerprint density at radius 2 is 0.833 bits per heavy atom. The van der Waals surface area contributed by atoms with Crippen molar-refractivity contribution in [2.24, 2.45) is 5.92 Å². The molecule has 0 heterocycles. The van der Waals surface area contributed by atoms with Crippen LogP contribution in [-0.2, 0) is 0 Å². The molecule has 0 saturated heterocycles. The number of hydrogen-bond acceptors (Lipinski definition) is 0. The molecular formula is C24H48. The van der Waals surface area contributed by atoms with Crippen molar-refractivity contribution < 1.29 is 0 Å². The van der Waals surface area contributed by atoms with Gasteiger partial charge in [0.2, 0.25) is 0 Å². The first kappa shape index (κ1) is 22.0. The van der Waals surface area contributed by atoms with Gasteiger partial charge in [0, 0.05) is 0 Å². The molecule has 1 fully saturated rings. The monoisotopic (exact) mass is 336 g/mol. The standard InChI is InChI=1S/C24H48/c1-2-3-4-5-6-7-8-9-10-11-12-13-15-18-21-24-22-19-16-14-17-20-23-24/h24H,2-23H2,1H3. The van der Waals surface area contributed by atoms with Gasteiger partial charge in [-0.05, 0) is 5.92 Å². The molecule has 1 rings (SSSR count). The maximum atomic E-state index is 2.30. The molecule has 0 amide bonds. The van der Waals surface area contributed by atoms with Crippen LogP contribution in [-0.4, -0.2) is 0 Å². The molecule has 0 spiro atoms. The van der Waals surface area contributed by atoms with E-state index < -0.39 is 0 Å². The molecule has 1 aliphatic rings. The van der Waals surface area contributed by atoms with Crippen LogP contribution < -0.4 is 0 Å². The fourth-order valence-electron chi connectivity index (χ4n) is 4.46. The van der Waals surface area contributed by atoms with Crippen molar-refractivity contribution in [3.63, 3.8) is 0 Å². The summed E-state index contributed by atoms with van der Waals surface area (Å²) in [5.74, 6) is 1.09. The molecule has 0 atom stereocenters. The zero-order chi connectivity index (χ0) is 17.1. The molecule has 0 bridgehead atoms. The van der Waals surface area contributed by atoms with E-state index in [-0.39, 0.29) is 0 Å². The van der Waals surface area contributed by atoms with E-state index in [2.05, 4.69) is 6.92 Å². The Kier molecular flexibility index (Phi) is 16.4. The van der Waals surface area contributed by atoms with E-state index in [4.69, 9.17) is 0 Å². The first-order valence-corrected chi connectivity index (χ1v) is 11.9. The molecule has 0 N–H and O–H groups in total. The molecule has 0 nitrogen and oxygen atoms in total. The minimum Gasteiger partial charge on any atom is -0.0654 e. The molecule has 144 valence electrons. The summed E-state index contributed by atoms with van der Waals surface area (Å²) in [6.07, 6.45) is 32.9. The van der Waals surface area contributed by atoms with Gasteiger partial charge in [-0.3, -0.25) is 0 Å². The van der Waals surface area contributed by atoms with Crippen molar-refractivity contribution in [2.45, 2.75) is 148 Å². The van der Waals surface area contributed by atoms with E-state index in [1.165, 1.54) is 128 Å². The van der Waals surface area contributed by atoms with Gasteiger partial charge in [0.1, 0.15) is 0 Å². The Labute approximate surface area is 154 Å². The van der Waals surface area contributed by atoms with Crippen LogP contribution in [0.4, 0.5) is 0 Å². The van der Waals surface area contributed by atoms with Gasteiger partial charge in [0.05, 0.1) is 0 Å². The average molecular weight is 337 g/mol. The van der Waals surface area contributed by atoms with Gasteiger partial charge in [0.25, 0.3) is 0 Å². The van der Waals surface area contributed by atoms with Gasteiger partial charge in [-0.25, -0.2) is 0 Å². The second-order valence-electron chi connectivity index (χ2n) is 8.60. The number of hydrogen-bond donors (Lipinski definition) is 0. The van der Waals surface area contributed by atoms with E-state index in [1.54, 1.807) is 12.8 Å². The highest BCUT2D eigenvalue weighted by atomic mass is 14.2. The highest BCUT2D eigenvalue weighted by molar-refractivity contribution is 4.64. The molecule has 0 aromatic carbocycles. The highest BCUT2D eigenvalue weighted by Crippen LogP contribution is 2.26. The van der Waals surface area contributed by atoms with Crippen LogP contribution in [0, 0.1) is 5.92 Å². The van der Waals surface area contributed by atoms with Crippen molar-refractivity contribution in [2.75, 3.05) is 0 Å². The summed E-state index contributed by atoms with van der Waals surface area (Å²) in [5.41, 5.74) is 0. The summed E-state index contributed by atoms with van der Waals surface area (Å²) in [6.45, 7) is 2.30. The second kappa shape index (κ2) is 17.8. The van der Waals surface area contributed by atoms with Crippen LogP contribution in [0.5, 0.6) is 0 Å². The molecule has 0 radical (unpaired) electrons. The maximum Gasteiger partial charge on any atom is -0.0414 e.